The highest BCUT2D eigenvalue weighted by Crippen LogP contribution is 2.26. The molecule has 6 heteroatoms. The van der Waals surface area contributed by atoms with Crippen LogP contribution in [-0.2, 0) is 4.79 Å². The smallest absolute Gasteiger partial charge is 0.237 e. The lowest BCUT2D eigenvalue weighted by atomic mass is 10.0. The topological polar surface area (TPSA) is 73.1 Å². The van der Waals surface area contributed by atoms with Crippen LogP contribution in [0.3, 0.4) is 0 Å². The van der Waals surface area contributed by atoms with Crippen LogP contribution in [0.25, 0.3) is 0 Å². The summed E-state index contributed by atoms with van der Waals surface area (Å²) in [5.74, 6) is 0.139. The highest BCUT2D eigenvalue weighted by Gasteiger charge is 2.31. The fraction of sp³-hybridized carbons (Fsp3) is 0.500. The fourth-order valence-electron chi connectivity index (χ4n) is 2.21. The van der Waals surface area contributed by atoms with Crippen molar-refractivity contribution in [2.75, 3.05) is 26.2 Å². The zero-order valence-corrected chi connectivity index (χ0v) is 8.79. The standard InChI is InChI=1S/C10H13N5O/c16-9-6-11-1-2-15(9)8-5-12-3-7-4-13-14-10(7)8/h4,8,11-12H,1-2,5-6H2,(H,13,14). The van der Waals surface area contributed by atoms with Crippen LogP contribution in [0.2, 0.25) is 0 Å². The van der Waals surface area contributed by atoms with Crippen molar-refractivity contribution in [2.24, 2.45) is 0 Å². The van der Waals surface area contributed by atoms with Gasteiger partial charge in [-0.25, -0.2) is 0 Å². The normalized spacial score (nSPS) is 25.6. The molecule has 1 atom stereocenters. The summed E-state index contributed by atoms with van der Waals surface area (Å²) in [5, 5.41) is 13.1. The average molecular weight is 219 g/mol. The maximum Gasteiger partial charge on any atom is 0.237 e. The second kappa shape index (κ2) is 3.88. The Labute approximate surface area is 93.4 Å². The van der Waals surface area contributed by atoms with Crippen molar-refractivity contribution >= 4 is 5.91 Å². The van der Waals surface area contributed by atoms with Gasteiger partial charge in [0.25, 0.3) is 0 Å². The first-order chi connectivity index (χ1) is 7.86. The number of nitrogens with zero attached hydrogens (tertiary/aromatic N) is 2. The van der Waals surface area contributed by atoms with Crippen LogP contribution in [0.15, 0.2) is 6.20 Å². The minimum absolute atomic E-state index is 0.0494. The number of hydrogen-bond donors (Lipinski definition) is 3. The highest BCUT2D eigenvalue weighted by atomic mass is 16.2. The van der Waals surface area contributed by atoms with Gasteiger partial charge >= 0.3 is 0 Å². The Morgan fingerprint density at radius 2 is 2.50 bits per heavy atom. The Kier molecular flexibility index (Phi) is 2.37. The Morgan fingerprint density at radius 3 is 3.38 bits per heavy atom. The Bertz CT molecular complexity index is 402. The van der Waals surface area contributed by atoms with Gasteiger partial charge in [-0.2, -0.15) is 5.10 Å². The summed E-state index contributed by atoms with van der Waals surface area (Å²) in [7, 11) is 0. The summed E-state index contributed by atoms with van der Waals surface area (Å²) in [6, 6.07) is 0.0494. The first-order valence-corrected chi connectivity index (χ1v) is 5.38. The van der Waals surface area contributed by atoms with Gasteiger partial charge in [-0.05, 0) is 0 Å². The second-order valence-corrected chi connectivity index (χ2v) is 3.98. The number of aromatic nitrogens is 2. The maximum absolute atomic E-state index is 11.8. The van der Waals surface area contributed by atoms with Gasteiger partial charge < -0.3 is 15.5 Å². The van der Waals surface area contributed by atoms with Crippen molar-refractivity contribution < 1.29 is 4.79 Å². The molecule has 1 aromatic heterocycles. The summed E-state index contributed by atoms with van der Waals surface area (Å²) < 4.78 is 0. The molecule has 1 fully saturated rings. The summed E-state index contributed by atoms with van der Waals surface area (Å²) in [5.41, 5.74) is 1.90. The van der Waals surface area contributed by atoms with Gasteiger partial charge in [-0.3, -0.25) is 9.89 Å². The summed E-state index contributed by atoms with van der Waals surface area (Å²) in [6.07, 6.45) is 1.72. The lowest BCUT2D eigenvalue weighted by Gasteiger charge is -2.36. The van der Waals surface area contributed by atoms with E-state index in [4.69, 9.17) is 0 Å². The summed E-state index contributed by atoms with van der Waals surface area (Å²) >= 11 is 0. The maximum atomic E-state index is 11.8. The molecule has 1 unspecified atom stereocenters. The van der Waals surface area contributed by atoms with Crippen molar-refractivity contribution in [3.63, 3.8) is 0 Å². The van der Waals surface area contributed by atoms with E-state index in [1.807, 2.05) is 4.90 Å². The van der Waals surface area contributed by atoms with Crippen LogP contribution in [0.1, 0.15) is 17.3 Å². The molecular weight excluding hydrogens is 206 g/mol. The molecule has 84 valence electrons. The van der Waals surface area contributed by atoms with E-state index in [9.17, 15) is 4.79 Å². The van der Waals surface area contributed by atoms with Gasteiger partial charge in [0, 0.05) is 25.2 Å². The van der Waals surface area contributed by atoms with Crippen molar-refractivity contribution in [1.82, 2.24) is 25.7 Å². The van der Waals surface area contributed by atoms with Crippen LogP contribution in [0.4, 0.5) is 0 Å². The van der Waals surface area contributed by atoms with Crippen LogP contribution < -0.4 is 10.6 Å². The van der Waals surface area contributed by atoms with Crippen molar-refractivity contribution in [3.05, 3.63) is 24.0 Å². The number of carbonyl (C=O) groups excluding carboxylic acids is 1. The molecule has 0 saturated carbocycles. The second-order valence-electron chi connectivity index (χ2n) is 3.98. The number of fused-ring (bicyclic) bond motifs is 1. The molecule has 1 amide bonds. The van der Waals surface area contributed by atoms with Crippen molar-refractivity contribution in [3.8, 4) is 0 Å². The molecule has 6 nitrogen and oxygen atoms in total. The third-order valence-electron chi connectivity index (χ3n) is 3.02. The number of hydrogen-bond acceptors (Lipinski definition) is 4. The molecule has 3 N–H and O–H groups in total. The van der Waals surface area contributed by atoms with Crippen LogP contribution in [0.5, 0.6) is 0 Å². The highest BCUT2D eigenvalue weighted by molar-refractivity contribution is 5.79. The van der Waals surface area contributed by atoms with Crippen LogP contribution in [-0.4, -0.2) is 47.2 Å². The number of piperazine rings is 1. The molecule has 3 heterocycles. The van der Waals surface area contributed by atoms with E-state index in [1.54, 1.807) is 6.20 Å². The van der Waals surface area contributed by atoms with Crippen molar-refractivity contribution in [2.45, 2.75) is 6.04 Å². The van der Waals surface area contributed by atoms with E-state index in [0.717, 1.165) is 24.3 Å². The first-order valence-electron chi connectivity index (χ1n) is 5.38. The molecule has 0 aliphatic carbocycles. The van der Waals surface area contributed by atoms with E-state index in [1.165, 1.54) is 0 Å². The Hall–Kier alpha value is -1.40. The largest absolute Gasteiger partial charge is 0.330 e. The minimum atomic E-state index is 0.0494. The third-order valence-corrected chi connectivity index (χ3v) is 3.02. The molecule has 2 radical (unpaired) electrons. The van der Waals surface area contributed by atoms with Gasteiger partial charge in [0.05, 0.1) is 31.0 Å². The molecule has 0 bridgehead atoms. The van der Waals surface area contributed by atoms with E-state index in [0.29, 0.717) is 13.1 Å². The minimum Gasteiger partial charge on any atom is -0.330 e. The van der Waals surface area contributed by atoms with E-state index in [-0.39, 0.29) is 11.9 Å². The summed E-state index contributed by atoms with van der Waals surface area (Å²) in [4.78, 5) is 13.7. The van der Waals surface area contributed by atoms with Gasteiger partial charge in [0.2, 0.25) is 5.91 Å². The molecule has 16 heavy (non-hydrogen) atoms. The van der Waals surface area contributed by atoms with Crippen molar-refractivity contribution in [1.29, 1.82) is 0 Å². The van der Waals surface area contributed by atoms with Crippen LogP contribution in [0, 0.1) is 6.54 Å². The van der Waals surface area contributed by atoms with E-state index >= 15 is 0 Å². The zero-order valence-electron chi connectivity index (χ0n) is 8.79. The molecule has 2 aliphatic heterocycles. The number of H-pyrrole nitrogens is 1. The molecule has 1 saturated heterocycles. The number of carbonyl (C=O) groups is 1. The van der Waals surface area contributed by atoms with Gasteiger partial charge in [0.15, 0.2) is 0 Å². The molecule has 0 aromatic carbocycles. The number of nitrogens with one attached hydrogen (secondary N) is 3. The number of rotatable bonds is 1. The third kappa shape index (κ3) is 1.50. The monoisotopic (exact) mass is 219 g/mol. The molecular formula is C10H13N5O. The van der Waals surface area contributed by atoms with Crippen LogP contribution >= 0.6 is 0 Å². The van der Waals surface area contributed by atoms with E-state index in [2.05, 4.69) is 27.4 Å². The molecule has 3 rings (SSSR count). The zero-order chi connectivity index (χ0) is 11.0. The lowest BCUT2D eigenvalue weighted by molar-refractivity contribution is -0.134. The molecule has 0 spiro atoms. The number of amides is 1. The Balaban J connectivity index is 1.88. The summed E-state index contributed by atoms with van der Waals surface area (Å²) in [6.45, 7) is 5.73. The van der Waals surface area contributed by atoms with Gasteiger partial charge in [-0.1, -0.05) is 0 Å². The fourth-order valence-corrected chi connectivity index (χ4v) is 2.21. The van der Waals surface area contributed by atoms with Gasteiger partial charge in [0.1, 0.15) is 0 Å². The predicted molar refractivity (Wildman–Crippen MR) is 56.3 cm³/mol. The predicted octanol–water partition coefficient (Wildman–Crippen LogP) is -1.13. The first kappa shape index (κ1) is 9.80. The molecule has 2 aliphatic rings. The average Bonchev–Trinajstić information content (AvgIpc) is 2.77. The number of aromatic amines is 1. The Morgan fingerprint density at radius 1 is 1.56 bits per heavy atom. The lowest BCUT2D eigenvalue weighted by Crippen LogP contribution is -2.52. The molecule has 1 aromatic rings. The van der Waals surface area contributed by atoms with E-state index < -0.39 is 0 Å². The van der Waals surface area contributed by atoms with Gasteiger partial charge in [-0.15, -0.1) is 0 Å². The SMILES string of the molecule is O=C1CNCCN1C1CN[C]c2cn[nH]c21. The quantitative estimate of drug-likeness (QED) is 0.559.